The van der Waals surface area contributed by atoms with E-state index in [0.717, 1.165) is 22.6 Å². The van der Waals surface area contributed by atoms with Gasteiger partial charge in [0, 0.05) is 16.5 Å². The first-order valence-corrected chi connectivity index (χ1v) is 16.5. The van der Waals surface area contributed by atoms with Crippen molar-refractivity contribution in [3.63, 3.8) is 0 Å². The Labute approximate surface area is 280 Å². The standard InChI is InChI=1S/C46H33NO/c48-31-32-25-27-40-41-28-26-37(30-43(41)46(42(40)29-32,35-17-3-1-4-18-35)36-19-5-2-6-20-36)47(44-23-11-15-33-13-7-9-21-38(33)44)45-24-12-16-34-14-8-10-22-39(34)45/h1-30,48H,31H2. The van der Waals surface area contributed by atoms with Gasteiger partial charge in [-0.15, -0.1) is 0 Å². The average molecular weight is 616 g/mol. The molecule has 0 heterocycles. The molecule has 0 unspecified atom stereocenters. The summed E-state index contributed by atoms with van der Waals surface area (Å²) in [4.78, 5) is 2.44. The Bertz CT molecular complexity index is 2320. The Morgan fingerprint density at radius 2 is 0.917 bits per heavy atom. The normalized spacial score (nSPS) is 12.9. The molecule has 0 bridgehead atoms. The minimum atomic E-state index is -0.586. The first-order valence-electron chi connectivity index (χ1n) is 16.5. The summed E-state index contributed by atoms with van der Waals surface area (Å²) >= 11 is 0. The smallest absolute Gasteiger partial charge is 0.0714 e. The summed E-state index contributed by atoms with van der Waals surface area (Å²) in [5.41, 5.74) is 10.9. The van der Waals surface area contributed by atoms with E-state index in [9.17, 15) is 5.11 Å². The summed E-state index contributed by atoms with van der Waals surface area (Å²) < 4.78 is 0. The summed E-state index contributed by atoms with van der Waals surface area (Å²) in [5.74, 6) is 0. The molecule has 1 N–H and O–H groups in total. The van der Waals surface area contributed by atoms with Crippen molar-refractivity contribution in [2.24, 2.45) is 0 Å². The number of benzene rings is 8. The van der Waals surface area contributed by atoms with E-state index in [1.807, 2.05) is 0 Å². The van der Waals surface area contributed by atoms with Crippen LogP contribution < -0.4 is 4.90 Å². The van der Waals surface area contributed by atoms with Crippen LogP contribution in [-0.2, 0) is 12.0 Å². The fraction of sp³-hybridized carbons (Fsp3) is 0.0435. The number of fused-ring (bicyclic) bond motifs is 5. The highest BCUT2D eigenvalue weighted by Crippen LogP contribution is 2.57. The summed E-state index contributed by atoms with van der Waals surface area (Å²) in [6.07, 6.45) is 0. The van der Waals surface area contributed by atoms with Crippen LogP contribution in [0.2, 0.25) is 0 Å². The molecule has 0 saturated carbocycles. The van der Waals surface area contributed by atoms with Crippen LogP contribution in [0.5, 0.6) is 0 Å². The predicted octanol–water partition coefficient (Wildman–Crippen LogP) is 11.3. The lowest BCUT2D eigenvalue weighted by Crippen LogP contribution is -2.29. The fourth-order valence-electron chi connectivity index (χ4n) is 7.98. The zero-order valence-corrected chi connectivity index (χ0v) is 26.4. The van der Waals surface area contributed by atoms with Crippen LogP contribution in [0, 0.1) is 0 Å². The van der Waals surface area contributed by atoms with E-state index >= 15 is 0 Å². The second kappa shape index (κ2) is 11.4. The molecule has 0 amide bonds. The van der Waals surface area contributed by atoms with E-state index in [0.29, 0.717) is 0 Å². The molecule has 0 aromatic heterocycles. The van der Waals surface area contributed by atoms with Crippen molar-refractivity contribution >= 4 is 38.6 Å². The number of hydrogen-bond acceptors (Lipinski definition) is 2. The number of aliphatic hydroxyl groups excluding tert-OH is 1. The third kappa shape index (κ3) is 4.24. The van der Waals surface area contributed by atoms with Gasteiger partial charge in [-0.25, -0.2) is 0 Å². The second-order valence-electron chi connectivity index (χ2n) is 12.6. The molecule has 9 rings (SSSR count). The SMILES string of the molecule is OCc1ccc2c(c1)C(c1ccccc1)(c1ccccc1)c1cc(N(c3cccc4ccccc34)c3cccc4ccccc34)ccc1-2. The van der Waals surface area contributed by atoms with Crippen LogP contribution in [0.4, 0.5) is 17.1 Å². The van der Waals surface area contributed by atoms with Crippen LogP contribution in [0.15, 0.2) is 182 Å². The van der Waals surface area contributed by atoms with E-state index in [1.54, 1.807) is 0 Å². The van der Waals surface area contributed by atoms with E-state index in [2.05, 4.69) is 187 Å². The predicted molar refractivity (Wildman–Crippen MR) is 199 cm³/mol. The van der Waals surface area contributed by atoms with Crippen LogP contribution in [0.25, 0.3) is 32.7 Å². The molecule has 2 heteroatoms. The zero-order valence-electron chi connectivity index (χ0n) is 26.4. The molecule has 1 aliphatic rings. The molecule has 228 valence electrons. The van der Waals surface area contributed by atoms with Gasteiger partial charge in [0.2, 0.25) is 0 Å². The highest BCUT2D eigenvalue weighted by atomic mass is 16.3. The van der Waals surface area contributed by atoms with Crippen molar-refractivity contribution in [3.05, 3.63) is 210 Å². The number of aliphatic hydroxyl groups is 1. The Hall–Kier alpha value is -5.96. The third-order valence-corrected chi connectivity index (χ3v) is 10.1. The lowest BCUT2D eigenvalue weighted by molar-refractivity contribution is 0.281. The molecule has 8 aromatic rings. The Morgan fingerprint density at radius 3 is 1.48 bits per heavy atom. The Kier molecular flexibility index (Phi) is 6.70. The highest BCUT2D eigenvalue weighted by molar-refractivity contribution is 6.05. The van der Waals surface area contributed by atoms with Crippen LogP contribution in [-0.4, -0.2) is 5.11 Å². The van der Waals surface area contributed by atoms with Gasteiger partial charge >= 0.3 is 0 Å². The molecule has 0 saturated heterocycles. The van der Waals surface area contributed by atoms with Crippen molar-refractivity contribution in [2.45, 2.75) is 12.0 Å². The first kappa shape index (κ1) is 28.3. The number of anilines is 3. The zero-order chi connectivity index (χ0) is 32.1. The van der Waals surface area contributed by atoms with Crippen molar-refractivity contribution < 1.29 is 5.11 Å². The van der Waals surface area contributed by atoms with Crippen molar-refractivity contribution in [1.29, 1.82) is 0 Å². The quantitative estimate of drug-likeness (QED) is 0.201. The minimum Gasteiger partial charge on any atom is -0.392 e. The topological polar surface area (TPSA) is 23.5 Å². The molecule has 0 spiro atoms. The van der Waals surface area contributed by atoms with Gasteiger partial charge in [-0.1, -0.05) is 158 Å². The van der Waals surface area contributed by atoms with Gasteiger partial charge in [-0.2, -0.15) is 0 Å². The lowest BCUT2D eigenvalue weighted by Gasteiger charge is -2.35. The van der Waals surface area contributed by atoms with Crippen LogP contribution in [0.3, 0.4) is 0 Å². The summed E-state index contributed by atoms with van der Waals surface area (Å²) in [6, 6.07) is 65.6. The largest absolute Gasteiger partial charge is 0.392 e. The van der Waals surface area contributed by atoms with Gasteiger partial charge in [-0.3, -0.25) is 0 Å². The van der Waals surface area contributed by atoms with Gasteiger partial charge in [0.15, 0.2) is 0 Å². The summed E-state index contributed by atoms with van der Waals surface area (Å²) in [5, 5.41) is 15.1. The van der Waals surface area contributed by atoms with Crippen LogP contribution in [0.1, 0.15) is 27.8 Å². The van der Waals surface area contributed by atoms with Gasteiger partial charge in [0.25, 0.3) is 0 Å². The summed E-state index contributed by atoms with van der Waals surface area (Å²) in [6.45, 7) is -0.00945. The highest BCUT2D eigenvalue weighted by Gasteiger charge is 2.46. The second-order valence-corrected chi connectivity index (χ2v) is 12.6. The third-order valence-electron chi connectivity index (χ3n) is 10.1. The molecule has 1 aliphatic carbocycles. The van der Waals surface area contributed by atoms with Gasteiger partial charge in [-0.05, 0) is 74.0 Å². The van der Waals surface area contributed by atoms with Gasteiger partial charge in [0.1, 0.15) is 0 Å². The van der Waals surface area contributed by atoms with Crippen molar-refractivity contribution in [2.75, 3.05) is 4.90 Å². The monoisotopic (exact) mass is 615 g/mol. The average Bonchev–Trinajstić information content (AvgIpc) is 3.45. The fourth-order valence-corrected chi connectivity index (χ4v) is 7.98. The van der Waals surface area contributed by atoms with Crippen molar-refractivity contribution in [3.8, 4) is 11.1 Å². The molecule has 0 radical (unpaired) electrons. The number of nitrogens with zero attached hydrogens (tertiary/aromatic N) is 1. The molecule has 48 heavy (non-hydrogen) atoms. The molecule has 0 aliphatic heterocycles. The maximum absolute atomic E-state index is 10.3. The van der Waals surface area contributed by atoms with E-state index < -0.39 is 5.41 Å². The number of rotatable bonds is 6. The van der Waals surface area contributed by atoms with E-state index in [4.69, 9.17) is 0 Å². The van der Waals surface area contributed by atoms with E-state index in [1.165, 1.54) is 54.9 Å². The summed E-state index contributed by atoms with van der Waals surface area (Å²) in [7, 11) is 0. The van der Waals surface area contributed by atoms with Crippen molar-refractivity contribution in [1.82, 2.24) is 0 Å². The van der Waals surface area contributed by atoms with Gasteiger partial charge < -0.3 is 10.0 Å². The van der Waals surface area contributed by atoms with Crippen LogP contribution >= 0.6 is 0 Å². The number of hydrogen-bond donors (Lipinski definition) is 1. The molecule has 8 aromatic carbocycles. The maximum Gasteiger partial charge on any atom is 0.0714 e. The maximum atomic E-state index is 10.3. The minimum absolute atomic E-state index is 0.00945. The van der Waals surface area contributed by atoms with Gasteiger partial charge in [0.05, 0.1) is 23.4 Å². The molecule has 0 fully saturated rings. The first-order chi connectivity index (χ1) is 23.8. The lowest BCUT2D eigenvalue weighted by atomic mass is 9.67. The Balaban J connectivity index is 1.39. The van der Waals surface area contributed by atoms with E-state index in [-0.39, 0.29) is 6.61 Å². The Morgan fingerprint density at radius 1 is 0.438 bits per heavy atom. The molecule has 2 nitrogen and oxygen atoms in total. The molecular formula is C46H33NO. The molecule has 0 atom stereocenters. The molecular weight excluding hydrogens is 583 g/mol.